The van der Waals surface area contributed by atoms with Crippen LogP contribution in [0.3, 0.4) is 0 Å². The van der Waals surface area contributed by atoms with E-state index in [1.807, 2.05) is 37.4 Å². The molecule has 1 fully saturated rings. The third-order valence-corrected chi connectivity index (χ3v) is 7.28. The van der Waals surface area contributed by atoms with Crippen molar-refractivity contribution in [1.29, 1.82) is 0 Å². The number of aliphatic imine (C=N–C) groups is 1. The summed E-state index contributed by atoms with van der Waals surface area (Å²) in [5, 5.41) is 1.77. The Balaban J connectivity index is 1.57. The molecule has 2 heterocycles. The van der Waals surface area contributed by atoms with Gasteiger partial charge in [-0.25, -0.2) is 14.4 Å². The quantitative estimate of drug-likeness (QED) is 0.393. The van der Waals surface area contributed by atoms with Crippen molar-refractivity contribution < 1.29 is 9.13 Å². The number of hydrogen-bond donors (Lipinski definition) is 0. The summed E-state index contributed by atoms with van der Waals surface area (Å²) < 4.78 is 21.9. The first-order chi connectivity index (χ1) is 14.0. The minimum Gasteiger partial charge on any atom is -0.463 e. The van der Waals surface area contributed by atoms with Gasteiger partial charge in [0.2, 0.25) is 6.23 Å². The Bertz CT molecular complexity index is 1140. The summed E-state index contributed by atoms with van der Waals surface area (Å²) in [6.45, 7) is 1.86. The van der Waals surface area contributed by atoms with Crippen LogP contribution in [-0.2, 0) is 6.42 Å². The van der Waals surface area contributed by atoms with Crippen LogP contribution in [0.15, 0.2) is 46.0 Å². The molecule has 1 aliphatic carbocycles. The lowest BCUT2D eigenvalue weighted by Crippen LogP contribution is -2.20. The van der Waals surface area contributed by atoms with Gasteiger partial charge in [-0.1, -0.05) is 27.5 Å². The van der Waals surface area contributed by atoms with E-state index in [0.717, 1.165) is 25.5 Å². The smallest absolute Gasteiger partial charge is 0.226 e. The van der Waals surface area contributed by atoms with Crippen LogP contribution >= 0.6 is 38.9 Å². The summed E-state index contributed by atoms with van der Waals surface area (Å²) in [7, 11) is 0. The molecule has 3 nitrogen and oxygen atoms in total. The van der Waals surface area contributed by atoms with Crippen LogP contribution in [0.25, 0.3) is 0 Å². The standard InChI is InChI=1S/C22H17BrClFN2OS/c1-11-6-16(25)20-17(9-13-8-14(24)4-5-15(13)23)27-21(28-18(20)7-11)19-10-26-22(29-19)12-2-3-12/h4-8,10,12,21H,2-3,9H2,1H3. The average molecular weight is 492 g/mol. The zero-order chi connectivity index (χ0) is 20.1. The number of benzene rings is 2. The largest absolute Gasteiger partial charge is 0.463 e. The van der Waals surface area contributed by atoms with Crippen LogP contribution in [0.1, 0.15) is 51.6 Å². The van der Waals surface area contributed by atoms with Gasteiger partial charge in [-0.3, -0.25) is 0 Å². The summed E-state index contributed by atoms with van der Waals surface area (Å²) in [6.07, 6.45) is 4.17. The number of aryl methyl sites for hydroxylation is 1. The van der Waals surface area contributed by atoms with Crippen LogP contribution in [0.2, 0.25) is 5.02 Å². The van der Waals surface area contributed by atoms with Gasteiger partial charge in [-0.05, 0) is 61.2 Å². The molecule has 2 aromatic carbocycles. The summed E-state index contributed by atoms with van der Waals surface area (Å²) in [5.41, 5.74) is 2.84. The lowest BCUT2D eigenvalue weighted by atomic mass is 9.98. The molecule has 3 aromatic rings. The summed E-state index contributed by atoms with van der Waals surface area (Å²) in [5.74, 6) is 0.783. The molecule has 5 rings (SSSR count). The summed E-state index contributed by atoms with van der Waals surface area (Å²) in [6, 6.07) is 8.98. The fraction of sp³-hybridized carbons (Fsp3) is 0.273. The number of nitrogens with zero attached hydrogens (tertiary/aromatic N) is 2. The van der Waals surface area contributed by atoms with E-state index in [-0.39, 0.29) is 5.82 Å². The lowest BCUT2D eigenvalue weighted by Gasteiger charge is -2.25. The Morgan fingerprint density at radius 3 is 2.90 bits per heavy atom. The molecule has 0 bridgehead atoms. The summed E-state index contributed by atoms with van der Waals surface area (Å²) >= 11 is 11.4. The number of fused-ring (bicyclic) bond motifs is 1. The molecule has 1 saturated carbocycles. The zero-order valence-corrected chi connectivity index (χ0v) is 18.7. The minimum absolute atomic E-state index is 0.321. The van der Waals surface area contributed by atoms with E-state index >= 15 is 0 Å². The second-order valence-corrected chi connectivity index (χ2v) is 9.84. The topological polar surface area (TPSA) is 34.5 Å². The minimum atomic E-state index is -0.512. The maximum Gasteiger partial charge on any atom is 0.226 e. The predicted molar refractivity (Wildman–Crippen MR) is 118 cm³/mol. The SMILES string of the molecule is Cc1cc(F)c2c(c1)OC(c1cnc(C3CC3)s1)N=C2Cc1cc(Cl)ccc1Br. The van der Waals surface area contributed by atoms with Gasteiger partial charge in [-0.2, -0.15) is 0 Å². The predicted octanol–water partition coefficient (Wildman–Crippen LogP) is 7.01. The van der Waals surface area contributed by atoms with Gasteiger partial charge < -0.3 is 4.74 Å². The van der Waals surface area contributed by atoms with Crippen molar-refractivity contribution in [3.05, 3.63) is 78.4 Å². The van der Waals surface area contributed by atoms with Gasteiger partial charge in [0.15, 0.2) is 0 Å². The van der Waals surface area contributed by atoms with Gasteiger partial charge in [0.1, 0.15) is 11.6 Å². The first-order valence-corrected chi connectivity index (χ1v) is 11.4. The molecule has 2 aliphatic rings. The Kier molecular flexibility index (Phi) is 4.96. The van der Waals surface area contributed by atoms with Gasteiger partial charge in [0.25, 0.3) is 0 Å². The maximum atomic E-state index is 14.9. The highest BCUT2D eigenvalue weighted by Gasteiger charge is 2.31. The number of rotatable bonds is 4. The number of aromatic nitrogens is 1. The third-order valence-electron chi connectivity index (χ3n) is 5.08. The fourth-order valence-corrected chi connectivity index (χ4v) is 5.12. The second-order valence-electron chi connectivity index (χ2n) is 7.45. The highest BCUT2D eigenvalue weighted by atomic mass is 79.9. The Labute approximate surface area is 185 Å². The number of ether oxygens (including phenoxy) is 1. The van der Waals surface area contributed by atoms with Crippen LogP contribution in [-0.4, -0.2) is 10.7 Å². The number of hydrogen-bond acceptors (Lipinski definition) is 4. The molecule has 0 amide bonds. The first-order valence-electron chi connectivity index (χ1n) is 9.41. The molecule has 148 valence electrons. The second kappa shape index (κ2) is 7.49. The van der Waals surface area contributed by atoms with Crippen molar-refractivity contribution in [2.24, 2.45) is 4.99 Å². The van der Waals surface area contributed by atoms with E-state index in [2.05, 4.69) is 20.9 Å². The highest BCUT2D eigenvalue weighted by Crippen LogP contribution is 2.44. The molecule has 1 atom stereocenters. The van der Waals surface area contributed by atoms with Crippen LogP contribution in [0.4, 0.5) is 4.39 Å². The Morgan fingerprint density at radius 1 is 1.28 bits per heavy atom. The Hall–Kier alpha value is -1.76. The maximum absolute atomic E-state index is 14.9. The van der Waals surface area contributed by atoms with Gasteiger partial charge >= 0.3 is 0 Å². The van der Waals surface area contributed by atoms with Crippen molar-refractivity contribution in [3.63, 3.8) is 0 Å². The van der Waals surface area contributed by atoms with Gasteiger partial charge in [0.05, 0.1) is 21.2 Å². The molecule has 0 spiro atoms. The fourth-order valence-electron chi connectivity index (χ4n) is 3.48. The summed E-state index contributed by atoms with van der Waals surface area (Å²) in [4.78, 5) is 10.3. The lowest BCUT2D eigenvalue weighted by molar-refractivity contribution is 0.212. The molecule has 0 saturated heterocycles. The highest BCUT2D eigenvalue weighted by molar-refractivity contribution is 9.10. The normalized spacial score (nSPS) is 18.2. The van der Waals surface area contributed by atoms with Crippen molar-refractivity contribution in [2.75, 3.05) is 0 Å². The van der Waals surface area contributed by atoms with E-state index in [9.17, 15) is 4.39 Å². The van der Waals surface area contributed by atoms with Crippen molar-refractivity contribution in [2.45, 2.75) is 38.3 Å². The van der Waals surface area contributed by atoms with E-state index in [1.54, 1.807) is 11.3 Å². The van der Waals surface area contributed by atoms with E-state index in [0.29, 0.717) is 34.4 Å². The van der Waals surface area contributed by atoms with E-state index in [4.69, 9.17) is 21.3 Å². The first kappa shape index (κ1) is 19.2. The third kappa shape index (κ3) is 3.86. The molecular formula is C22H17BrClFN2OS. The molecule has 1 aliphatic heterocycles. The van der Waals surface area contributed by atoms with Crippen molar-refractivity contribution in [3.8, 4) is 5.75 Å². The number of thiazole rings is 1. The van der Waals surface area contributed by atoms with E-state index < -0.39 is 6.23 Å². The molecular weight excluding hydrogens is 475 g/mol. The van der Waals surface area contributed by atoms with Crippen LogP contribution in [0, 0.1) is 12.7 Å². The average Bonchev–Trinajstić information content (AvgIpc) is 3.40. The Morgan fingerprint density at radius 2 is 2.10 bits per heavy atom. The van der Waals surface area contributed by atoms with Crippen LogP contribution in [0.5, 0.6) is 5.75 Å². The van der Waals surface area contributed by atoms with Gasteiger partial charge in [0, 0.05) is 28.0 Å². The zero-order valence-electron chi connectivity index (χ0n) is 15.6. The molecule has 0 radical (unpaired) electrons. The van der Waals surface area contributed by atoms with Crippen molar-refractivity contribution >= 4 is 44.6 Å². The molecule has 29 heavy (non-hydrogen) atoms. The molecule has 1 unspecified atom stereocenters. The van der Waals surface area contributed by atoms with E-state index in [1.165, 1.54) is 18.9 Å². The molecule has 7 heteroatoms. The molecule has 1 aromatic heterocycles. The monoisotopic (exact) mass is 490 g/mol. The van der Waals surface area contributed by atoms with Crippen LogP contribution < -0.4 is 4.74 Å². The number of halogens is 3. The van der Waals surface area contributed by atoms with Gasteiger partial charge in [-0.15, -0.1) is 11.3 Å². The van der Waals surface area contributed by atoms with Crippen molar-refractivity contribution in [1.82, 2.24) is 4.98 Å². The molecule has 0 N–H and O–H groups in total.